The van der Waals surface area contributed by atoms with Crippen molar-refractivity contribution in [3.05, 3.63) is 0 Å². The van der Waals surface area contributed by atoms with Gasteiger partial charge in [-0.1, -0.05) is 6.42 Å². The van der Waals surface area contributed by atoms with Crippen molar-refractivity contribution in [3.63, 3.8) is 0 Å². The topological polar surface area (TPSA) is 0 Å². The second kappa shape index (κ2) is 4.00. The lowest BCUT2D eigenvalue weighted by molar-refractivity contribution is -0.938. The average molecular weight is 182 g/mol. The number of quaternary nitrogens is 1. The second-order valence-electron chi connectivity index (χ2n) is 5.15. The van der Waals surface area contributed by atoms with Crippen LogP contribution < -0.4 is 0 Å². The van der Waals surface area contributed by atoms with Gasteiger partial charge in [-0.3, -0.25) is 0 Å². The van der Waals surface area contributed by atoms with E-state index in [-0.39, 0.29) is 0 Å². The molecule has 0 aromatic carbocycles. The van der Waals surface area contributed by atoms with Gasteiger partial charge in [0, 0.05) is 12.8 Å². The molecule has 2 heterocycles. The van der Waals surface area contributed by atoms with Gasteiger partial charge in [0.2, 0.25) is 0 Å². The van der Waals surface area contributed by atoms with Crippen molar-refractivity contribution in [2.45, 2.75) is 57.9 Å². The van der Waals surface area contributed by atoms with Crippen LogP contribution >= 0.6 is 0 Å². The van der Waals surface area contributed by atoms with E-state index >= 15 is 0 Å². The van der Waals surface area contributed by atoms with Gasteiger partial charge in [0.05, 0.1) is 25.7 Å². The van der Waals surface area contributed by atoms with Gasteiger partial charge in [-0.2, -0.15) is 0 Å². The Hall–Kier alpha value is -0.0400. The minimum atomic E-state index is 0.970. The van der Waals surface area contributed by atoms with E-state index in [1.165, 1.54) is 69.1 Å². The smallest absolute Gasteiger partial charge is 0.0864 e. The zero-order valence-corrected chi connectivity index (χ0v) is 9.10. The SMILES string of the molecule is CC1CCC[N+]12CCCCCCC2. The summed E-state index contributed by atoms with van der Waals surface area (Å²) in [6.07, 6.45) is 10.4. The van der Waals surface area contributed by atoms with E-state index in [0.717, 1.165) is 6.04 Å². The fraction of sp³-hybridized carbons (Fsp3) is 1.00. The Morgan fingerprint density at radius 3 is 1.85 bits per heavy atom. The summed E-state index contributed by atoms with van der Waals surface area (Å²) in [6.45, 7) is 6.94. The highest BCUT2D eigenvalue weighted by Crippen LogP contribution is 2.30. The number of hydrogen-bond acceptors (Lipinski definition) is 0. The molecule has 1 spiro atoms. The average Bonchev–Trinajstić information content (AvgIpc) is 2.42. The van der Waals surface area contributed by atoms with Gasteiger partial charge in [-0.15, -0.1) is 0 Å². The lowest BCUT2D eigenvalue weighted by Gasteiger charge is -2.40. The normalized spacial score (nSPS) is 34.4. The fourth-order valence-electron chi connectivity index (χ4n) is 3.36. The van der Waals surface area contributed by atoms with Crippen molar-refractivity contribution in [1.29, 1.82) is 0 Å². The Bertz CT molecular complexity index is 157. The molecule has 2 aliphatic rings. The Labute approximate surface area is 82.7 Å². The Morgan fingerprint density at radius 2 is 1.31 bits per heavy atom. The quantitative estimate of drug-likeness (QED) is 0.505. The predicted molar refractivity (Wildman–Crippen MR) is 56.6 cm³/mol. The van der Waals surface area contributed by atoms with Crippen LogP contribution in [0.15, 0.2) is 0 Å². The molecule has 2 saturated heterocycles. The summed E-state index contributed by atoms with van der Waals surface area (Å²) in [5, 5.41) is 0. The molecule has 13 heavy (non-hydrogen) atoms. The van der Waals surface area contributed by atoms with Gasteiger partial charge < -0.3 is 4.48 Å². The molecule has 0 saturated carbocycles. The molecule has 2 fully saturated rings. The minimum absolute atomic E-state index is 0.970. The standard InChI is InChI=1S/C12H24N/c1-12-8-7-11-13(12)9-5-3-2-4-6-10-13/h12H,2-11H2,1H3/q+1. The third-order valence-electron chi connectivity index (χ3n) is 4.37. The van der Waals surface area contributed by atoms with Crippen LogP contribution in [-0.4, -0.2) is 30.2 Å². The van der Waals surface area contributed by atoms with Crippen LogP contribution in [0.4, 0.5) is 0 Å². The summed E-state index contributed by atoms with van der Waals surface area (Å²) in [6, 6.07) is 0.970. The highest BCUT2D eigenvalue weighted by molar-refractivity contribution is 4.66. The van der Waals surface area contributed by atoms with Crippen LogP contribution in [0.2, 0.25) is 0 Å². The lowest BCUT2D eigenvalue weighted by Crippen LogP contribution is -2.52. The molecule has 1 unspecified atom stereocenters. The zero-order valence-electron chi connectivity index (χ0n) is 9.10. The monoisotopic (exact) mass is 182 g/mol. The molecule has 0 radical (unpaired) electrons. The van der Waals surface area contributed by atoms with Crippen LogP contribution in [0.5, 0.6) is 0 Å². The molecule has 0 aromatic heterocycles. The van der Waals surface area contributed by atoms with Crippen molar-refractivity contribution in [2.75, 3.05) is 19.6 Å². The summed E-state index contributed by atoms with van der Waals surface area (Å²) in [5.41, 5.74) is 0. The maximum Gasteiger partial charge on any atom is 0.0864 e. The summed E-state index contributed by atoms with van der Waals surface area (Å²) in [7, 11) is 0. The van der Waals surface area contributed by atoms with E-state index in [0.29, 0.717) is 0 Å². The Morgan fingerprint density at radius 1 is 0.769 bits per heavy atom. The first-order valence-corrected chi connectivity index (χ1v) is 6.19. The molecule has 76 valence electrons. The van der Waals surface area contributed by atoms with Gasteiger partial charge in [0.1, 0.15) is 0 Å². The van der Waals surface area contributed by atoms with Gasteiger partial charge in [0.25, 0.3) is 0 Å². The number of nitrogens with zero attached hydrogens (tertiary/aromatic N) is 1. The third-order valence-corrected chi connectivity index (χ3v) is 4.37. The number of hydrogen-bond donors (Lipinski definition) is 0. The summed E-state index contributed by atoms with van der Waals surface area (Å²) in [4.78, 5) is 0. The van der Waals surface area contributed by atoms with Crippen LogP contribution in [0.25, 0.3) is 0 Å². The maximum absolute atomic E-state index is 2.48. The van der Waals surface area contributed by atoms with E-state index in [9.17, 15) is 0 Å². The van der Waals surface area contributed by atoms with Crippen LogP contribution in [0.3, 0.4) is 0 Å². The molecule has 2 aliphatic heterocycles. The largest absolute Gasteiger partial charge is 0.321 e. The van der Waals surface area contributed by atoms with E-state index in [2.05, 4.69) is 6.92 Å². The molecule has 0 aromatic rings. The Balaban J connectivity index is 2.00. The van der Waals surface area contributed by atoms with Gasteiger partial charge in [-0.25, -0.2) is 0 Å². The molecule has 0 amide bonds. The van der Waals surface area contributed by atoms with Crippen molar-refractivity contribution in [3.8, 4) is 0 Å². The van der Waals surface area contributed by atoms with E-state index in [4.69, 9.17) is 0 Å². The first kappa shape index (κ1) is 9.51. The molecule has 0 aliphatic carbocycles. The van der Waals surface area contributed by atoms with Crippen molar-refractivity contribution >= 4 is 0 Å². The summed E-state index contributed by atoms with van der Waals surface area (Å²) < 4.78 is 1.49. The summed E-state index contributed by atoms with van der Waals surface area (Å²) in [5.74, 6) is 0. The third kappa shape index (κ3) is 1.90. The molecule has 1 heteroatoms. The van der Waals surface area contributed by atoms with Crippen molar-refractivity contribution in [2.24, 2.45) is 0 Å². The minimum Gasteiger partial charge on any atom is -0.321 e. The molecule has 0 bridgehead atoms. The molecular weight excluding hydrogens is 158 g/mol. The van der Waals surface area contributed by atoms with E-state index in [1.54, 1.807) is 0 Å². The van der Waals surface area contributed by atoms with Crippen molar-refractivity contribution in [1.82, 2.24) is 0 Å². The highest BCUT2D eigenvalue weighted by Gasteiger charge is 2.37. The molecule has 1 atom stereocenters. The molecular formula is C12H24N+. The zero-order chi connectivity index (χ0) is 9.15. The molecule has 0 N–H and O–H groups in total. The molecule has 2 rings (SSSR count). The highest BCUT2D eigenvalue weighted by atomic mass is 15.4. The maximum atomic E-state index is 2.48. The second-order valence-corrected chi connectivity index (χ2v) is 5.15. The van der Waals surface area contributed by atoms with Crippen LogP contribution in [-0.2, 0) is 0 Å². The Kier molecular flexibility index (Phi) is 2.92. The van der Waals surface area contributed by atoms with Crippen LogP contribution in [0, 0.1) is 0 Å². The molecule has 1 nitrogen and oxygen atoms in total. The van der Waals surface area contributed by atoms with E-state index in [1.807, 2.05) is 0 Å². The van der Waals surface area contributed by atoms with Gasteiger partial charge in [0.15, 0.2) is 0 Å². The van der Waals surface area contributed by atoms with Gasteiger partial charge >= 0.3 is 0 Å². The fourth-order valence-corrected chi connectivity index (χ4v) is 3.36. The van der Waals surface area contributed by atoms with Gasteiger partial charge in [-0.05, 0) is 32.6 Å². The van der Waals surface area contributed by atoms with Crippen molar-refractivity contribution < 1.29 is 4.48 Å². The van der Waals surface area contributed by atoms with Crippen LogP contribution in [0.1, 0.15) is 51.9 Å². The summed E-state index contributed by atoms with van der Waals surface area (Å²) >= 11 is 0. The first-order valence-electron chi connectivity index (χ1n) is 6.19. The number of rotatable bonds is 0. The lowest BCUT2D eigenvalue weighted by atomic mass is 10.1. The van der Waals surface area contributed by atoms with E-state index < -0.39 is 0 Å². The predicted octanol–water partition coefficient (Wildman–Crippen LogP) is 2.95. The first-order chi connectivity index (χ1) is 6.33.